The monoisotopic (exact) mass is 242 g/mol. The molecule has 1 atom stereocenters. The zero-order valence-electron chi connectivity index (χ0n) is 10.1. The topological polar surface area (TPSA) is 74.5 Å². The first kappa shape index (κ1) is 10.8. The summed E-state index contributed by atoms with van der Waals surface area (Å²) in [4.78, 5) is 8.37. The van der Waals surface area contributed by atoms with E-state index >= 15 is 0 Å². The average molecular weight is 242 g/mol. The molecule has 3 aromatic heterocycles. The smallest absolute Gasteiger partial charge is 0.201 e. The van der Waals surface area contributed by atoms with Crippen LogP contribution in [-0.4, -0.2) is 24.3 Å². The molecular formula is C12H14N6. The van der Waals surface area contributed by atoms with Crippen LogP contribution < -0.4 is 5.73 Å². The van der Waals surface area contributed by atoms with Crippen LogP contribution in [0, 0.1) is 0 Å². The summed E-state index contributed by atoms with van der Waals surface area (Å²) in [7, 11) is 0. The van der Waals surface area contributed by atoms with Crippen molar-refractivity contribution in [2.24, 2.45) is 0 Å². The fourth-order valence-corrected chi connectivity index (χ4v) is 2.19. The molecule has 0 saturated carbocycles. The molecule has 0 aliphatic rings. The van der Waals surface area contributed by atoms with E-state index in [2.05, 4.69) is 22.0 Å². The van der Waals surface area contributed by atoms with Gasteiger partial charge >= 0.3 is 0 Å². The minimum Gasteiger partial charge on any atom is -0.369 e. The second-order valence-corrected chi connectivity index (χ2v) is 4.28. The van der Waals surface area contributed by atoms with Crippen molar-refractivity contribution in [1.82, 2.24) is 24.3 Å². The first-order valence-electron chi connectivity index (χ1n) is 5.80. The molecule has 0 saturated heterocycles. The number of imidazole rings is 1. The van der Waals surface area contributed by atoms with E-state index in [0.717, 1.165) is 17.6 Å². The first-order chi connectivity index (χ1) is 8.75. The molecule has 0 aliphatic heterocycles. The number of nitrogens with two attached hydrogens (primary N) is 1. The van der Waals surface area contributed by atoms with E-state index in [-0.39, 0.29) is 6.04 Å². The Balaban J connectivity index is 2.00. The SMILES string of the molecule is CC(Cn1cccn1)n1c(N)nc2cnccc21. The molecule has 3 aromatic rings. The summed E-state index contributed by atoms with van der Waals surface area (Å²) in [5.74, 6) is 0.512. The fourth-order valence-electron chi connectivity index (χ4n) is 2.19. The third kappa shape index (κ3) is 1.71. The normalized spacial score (nSPS) is 12.9. The Morgan fingerprint density at radius 2 is 2.28 bits per heavy atom. The van der Waals surface area contributed by atoms with Crippen LogP contribution in [0.5, 0.6) is 0 Å². The largest absolute Gasteiger partial charge is 0.369 e. The Hall–Kier alpha value is -2.37. The molecule has 0 aliphatic carbocycles. The van der Waals surface area contributed by atoms with Crippen molar-refractivity contribution < 1.29 is 0 Å². The average Bonchev–Trinajstić information content (AvgIpc) is 2.94. The van der Waals surface area contributed by atoms with Gasteiger partial charge in [-0.25, -0.2) is 4.98 Å². The van der Waals surface area contributed by atoms with Crippen molar-refractivity contribution in [2.75, 3.05) is 5.73 Å². The predicted octanol–water partition coefficient (Wildman–Crippen LogP) is 1.47. The highest BCUT2D eigenvalue weighted by molar-refractivity contribution is 5.77. The van der Waals surface area contributed by atoms with Gasteiger partial charge in [-0.05, 0) is 19.1 Å². The van der Waals surface area contributed by atoms with Gasteiger partial charge in [-0.3, -0.25) is 9.67 Å². The maximum atomic E-state index is 5.98. The Bertz CT molecular complexity index is 654. The summed E-state index contributed by atoms with van der Waals surface area (Å²) in [5.41, 5.74) is 7.80. The summed E-state index contributed by atoms with van der Waals surface area (Å²) >= 11 is 0. The quantitative estimate of drug-likeness (QED) is 0.754. The van der Waals surface area contributed by atoms with Crippen LogP contribution in [0.1, 0.15) is 13.0 Å². The third-order valence-corrected chi connectivity index (χ3v) is 2.97. The van der Waals surface area contributed by atoms with Crippen molar-refractivity contribution in [2.45, 2.75) is 19.5 Å². The van der Waals surface area contributed by atoms with Gasteiger partial charge in [-0.15, -0.1) is 0 Å². The van der Waals surface area contributed by atoms with Gasteiger partial charge in [0.05, 0.1) is 24.3 Å². The molecule has 0 radical (unpaired) electrons. The Labute approximate surface area is 104 Å². The van der Waals surface area contributed by atoms with Gasteiger partial charge in [0.15, 0.2) is 0 Å². The maximum Gasteiger partial charge on any atom is 0.201 e. The van der Waals surface area contributed by atoms with E-state index in [9.17, 15) is 0 Å². The molecule has 92 valence electrons. The lowest BCUT2D eigenvalue weighted by molar-refractivity contribution is 0.449. The molecule has 2 N–H and O–H groups in total. The van der Waals surface area contributed by atoms with Gasteiger partial charge in [0.2, 0.25) is 5.95 Å². The van der Waals surface area contributed by atoms with Crippen LogP contribution in [0.25, 0.3) is 11.0 Å². The van der Waals surface area contributed by atoms with E-state index in [1.807, 2.05) is 27.6 Å². The molecule has 0 amide bonds. The molecule has 18 heavy (non-hydrogen) atoms. The minimum absolute atomic E-state index is 0.178. The zero-order valence-corrected chi connectivity index (χ0v) is 10.1. The summed E-state index contributed by atoms with van der Waals surface area (Å²) in [6.07, 6.45) is 7.18. The molecule has 0 bridgehead atoms. The second-order valence-electron chi connectivity index (χ2n) is 4.28. The molecular weight excluding hydrogens is 228 g/mol. The van der Waals surface area contributed by atoms with E-state index in [0.29, 0.717) is 5.95 Å². The lowest BCUT2D eigenvalue weighted by atomic mass is 10.3. The lowest BCUT2D eigenvalue weighted by Gasteiger charge is -2.15. The molecule has 0 fully saturated rings. The molecule has 0 spiro atoms. The van der Waals surface area contributed by atoms with Crippen molar-refractivity contribution in [3.05, 3.63) is 36.9 Å². The van der Waals surface area contributed by atoms with Crippen LogP contribution in [0.3, 0.4) is 0 Å². The standard InChI is InChI=1S/C12H14N6/c1-9(8-17-6-2-4-15-17)18-11-3-5-14-7-10(11)16-12(18)13/h2-7,9H,8H2,1H3,(H2,13,16). The van der Waals surface area contributed by atoms with Crippen molar-refractivity contribution in [1.29, 1.82) is 0 Å². The molecule has 6 nitrogen and oxygen atoms in total. The van der Waals surface area contributed by atoms with Gasteiger partial charge in [0.25, 0.3) is 0 Å². The number of hydrogen-bond donors (Lipinski definition) is 1. The van der Waals surface area contributed by atoms with Gasteiger partial charge in [-0.1, -0.05) is 0 Å². The molecule has 1 unspecified atom stereocenters. The van der Waals surface area contributed by atoms with E-state index in [4.69, 9.17) is 5.73 Å². The Kier molecular flexibility index (Phi) is 2.47. The predicted molar refractivity (Wildman–Crippen MR) is 68.9 cm³/mol. The van der Waals surface area contributed by atoms with E-state index in [1.54, 1.807) is 18.6 Å². The number of rotatable bonds is 3. The molecule has 3 heterocycles. The van der Waals surface area contributed by atoms with Gasteiger partial charge < -0.3 is 10.3 Å². The van der Waals surface area contributed by atoms with E-state index in [1.165, 1.54) is 0 Å². The molecule has 3 rings (SSSR count). The van der Waals surface area contributed by atoms with E-state index < -0.39 is 0 Å². The van der Waals surface area contributed by atoms with Crippen LogP contribution >= 0.6 is 0 Å². The van der Waals surface area contributed by atoms with Crippen molar-refractivity contribution >= 4 is 17.0 Å². The fraction of sp³-hybridized carbons (Fsp3) is 0.250. The number of hydrogen-bond acceptors (Lipinski definition) is 4. The van der Waals surface area contributed by atoms with Crippen LogP contribution in [0.4, 0.5) is 5.95 Å². The highest BCUT2D eigenvalue weighted by Gasteiger charge is 2.14. The zero-order chi connectivity index (χ0) is 12.5. The Morgan fingerprint density at radius 3 is 3.06 bits per heavy atom. The lowest BCUT2D eigenvalue weighted by Crippen LogP contribution is -2.15. The van der Waals surface area contributed by atoms with Crippen LogP contribution in [0.2, 0.25) is 0 Å². The van der Waals surface area contributed by atoms with Crippen LogP contribution in [0.15, 0.2) is 36.9 Å². The van der Waals surface area contributed by atoms with Crippen LogP contribution in [-0.2, 0) is 6.54 Å². The number of aromatic nitrogens is 5. The summed E-state index contributed by atoms with van der Waals surface area (Å²) in [6, 6.07) is 4.02. The van der Waals surface area contributed by atoms with Crippen molar-refractivity contribution in [3.63, 3.8) is 0 Å². The highest BCUT2D eigenvalue weighted by atomic mass is 15.3. The summed E-state index contributed by atoms with van der Waals surface area (Å²) < 4.78 is 3.90. The highest BCUT2D eigenvalue weighted by Crippen LogP contribution is 2.22. The number of fused-ring (bicyclic) bond motifs is 1. The van der Waals surface area contributed by atoms with Gasteiger partial charge in [0.1, 0.15) is 5.52 Å². The number of nitrogen functional groups attached to an aromatic ring is 1. The third-order valence-electron chi connectivity index (χ3n) is 2.97. The first-order valence-corrected chi connectivity index (χ1v) is 5.80. The Morgan fingerprint density at radius 1 is 1.39 bits per heavy atom. The second kappa shape index (κ2) is 4.14. The number of nitrogens with zero attached hydrogens (tertiary/aromatic N) is 5. The van der Waals surface area contributed by atoms with Crippen molar-refractivity contribution in [3.8, 4) is 0 Å². The molecule has 0 aromatic carbocycles. The minimum atomic E-state index is 0.178. The van der Waals surface area contributed by atoms with Gasteiger partial charge in [0, 0.05) is 18.6 Å². The molecule has 6 heteroatoms. The summed E-state index contributed by atoms with van der Waals surface area (Å²) in [5, 5.41) is 4.21. The van der Waals surface area contributed by atoms with Gasteiger partial charge in [-0.2, -0.15) is 5.10 Å². The summed E-state index contributed by atoms with van der Waals surface area (Å²) in [6.45, 7) is 2.85. The number of pyridine rings is 1. The number of anilines is 1. The maximum absolute atomic E-state index is 5.98.